The molecule has 0 saturated carbocycles. The lowest BCUT2D eigenvalue weighted by Gasteiger charge is -2.32. The fourth-order valence-electron chi connectivity index (χ4n) is 5.20. The molecule has 0 atom stereocenters. The van der Waals surface area contributed by atoms with Crippen LogP contribution in [0.3, 0.4) is 0 Å². The number of rotatable bonds is 7. The number of aromatic amines is 1. The van der Waals surface area contributed by atoms with E-state index in [0.717, 1.165) is 48.9 Å². The van der Waals surface area contributed by atoms with Gasteiger partial charge in [-0.3, -0.25) is 0 Å². The van der Waals surface area contributed by atoms with Crippen LogP contribution in [-0.2, 0) is 4.74 Å². The zero-order chi connectivity index (χ0) is 22.9. The number of methoxy groups -OCH3 is 2. The van der Waals surface area contributed by atoms with E-state index in [-0.39, 0.29) is 0 Å². The monoisotopic (exact) mass is 447 g/mol. The van der Waals surface area contributed by atoms with Crippen LogP contribution in [0.2, 0.25) is 0 Å². The lowest BCUT2D eigenvalue weighted by atomic mass is 9.87. The van der Waals surface area contributed by atoms with Gasteiger partial charge in [0.1, 0.15) is 6.33 Å². The number of hydrogen-bond acceptors (Lipinski definition) is 5. The lowest BCUT2D eigenvalue weighted by molar-refractivity contribution is 0.130. The Hall–Kier alpha value is -2.90. The molecule has 4 heterocycles. The standard InChI is InChI=1S/C26H33N5O2/c1-17(2)24-21-13-19(18-7-9-30(10-8-18)11-12-32-3)5-6-22(21)29-25(24)20-14-23(33-4)26-27-16-28-31(26)15-20/h5-6,13-18,29H,7-12H2,1-4H3. The molecular formula is C26H33N5O2. The summed E-state index contributed by atoms with van der Waals surface area (Å²) in [7, 11) is 3.45. The van der Waals surface area contributed by atoms with E-state index in [2.05, 4.69) is 58.1 Å². The molecule has 0 amide bonds. The minimum absolute atomic E-state index is 0.373. The number of aromatic nitrogens is 4. The molecule has 1 aromatic carbocycles. The number of hydrogen-bond donors (Lipinski definition) is 1. The molecule has 1 saturated heterocycles. The van der Waals surface area contributed by atoms with E-state index < -0.39 is 0 Å². The molecule has 0 radical (unpaired) electrons. The molecule has 3 aromatic heterocycles. The molecule has 174 valence electrons. The first-order valence-electron chi connectivity index (χ1n) is 11.8. The van der Waals surface area contributed by atoms with Gasteiger partial charge in [0.25, 0.3) is 0 Å². The van der Waals surface area contributed by atoms with Crippen LogP contribution in [0.5, 0.6) is 5.75 Å². The predicted molar refractivity (Wildman–Crippen MR) is 131 cm³/mol. The molecule has 33 heavy (non-hydrogen) atoms. The molecule has 7 heteroatoms. The maximum absolute atomic E-state index is 5.60. The van der Waals surface area contributed by atoms with Crippen molar-refractivity contribution in [2.75, 3.05) is 40.5 Å². The molecule has 0 aliphatic carbocycles. The maximum atomic E-state index is 5.60. The van der Waals surface area contributed by atoms with Gasteiger partial charge in [-0.15, -0.1) is 0 Å². The Kier molecular flexibility index (Phi) is 6.08. The Morgan fingerprint density at radius 3 is 2.70 bits per heavy atom. The molecule has 1 aliphatic heterocycles. The third-order valence-electron chi connectivity index (χ3n) is 6.96. The first-order chi connectivity index (χ1) is 16.1. The van der Waals surface area contributed by atoms with Gasteiger partial charge >= 0.3 is 0 Å². The zero-order valence-corrected chi connectivity index (χ0v) is 20.0. The quantitative estimate of drug-likeness (QED) is 0.439. The van der Waals surface area contributed by atoms with Crippen molar-refractivity contribution in [3.63, 3.8) is 0 Å². The number of ether oxygens (including phenoxy) is 2. The van der Waals surface area contributed by atoms with E-state index in [4.69, 9.17) is 9.47 Å². The summed E-state index contributed by atoms with van der Waals surface area (Å²) in [5, 5.41) is 5.66. The summed E-state index contributed by atoms with van der Waals surface area (Å²) in [5.74, 6) is 1.70. The van der Waals surface area contributed by atoms with Crippen molar-refractivity contribution in [1.29, 1.82) is 0 Å². The number of nitrogens with zero attached hydrogens (tertiary/aromatic N) is 4. The zero-order valence-electron chi connectivity index (χ0n) is 20.0. The van der Waals surface area contributed by atoms with E-state index in [0.29, 0.717) is 11.8 Å². The summed E-state index contributed by atoms with van der Waals surface area (Å²) >= 11 is 0. The van der Waals surface area contributed by atoms with E-state index in [1.165, 1.54) is 34.9 Å². The van der Waals surface area contributed by atoms with Crippen LogP contribution >= 0.6 is 0 Å². The smallest absolute Gasteiger partial charge is 0.197 e. The van der Waals surface area contributed by atoms with Gasteiger partial charge in [-0.2, -0.15) is 5.10 Å². The van der Waals surface area contributed by atoms with E-state index >= 15 is 0 Å². The summed E-state index contributed by atoms with van der Waals surface area (Å²) in [4.78, 5) is 10.5. The van der Waals surface area contributed by atoms with Gasteiger partial charge in [-0.25, -0.2) is 9.50 Å². The summed E-state index contributed by atoms with van der Waals surface area (Å²) in [6.07, 6.45) is 5.98. The van der Waals surface area contributed by atoms with Crippen molar-refractivity contribution in [2.45, 2.75) is 38.5 Å². The summed E-state index contributed by atoms with van der Waals surface area (Å²) in [6, 6.07) is 9.04. The van der Waals surface area contributed by atoms with Crippen LogP contribution in [0.15, 0.2) is 36.8 Å². The highest BCUT2D eigenvalue weighted by Crippen LogP contribution is 2.39. The van der Waals surface area contributed by atoms with Crippen molar-refractivity contribution >= 4 is 16.6 Å². The Balaban J connectivity index is 1.51. The number of fused-ring (bicyclic) bond motifs is 2. The van der Waals surface area contributed by atoms with Crippen LogP contribution in [0.1, 0.15) is 49.7 Å². The average Bonchev–Trinajstić information content (AvgIpc) is 3.46. The minimum Gasteiger partial charge on any atom is -0.493 e. The lowest BCUT2D eigenvalue weighted by Crippen LogP contribution is -2.35. The molecule has 0 spiro atoms. The molecule has 0 unspecified atom stereocenters. The Morgan fingerprint density at radius 2 is 1.97 bits per heavy atom. The van der Waals surface area contributed by atoms with Crippen LogP contribution < -0.4 is 4.74 Å². The highest BCUT2D eigenvalue weighted by molar-refractivity contribution is 5.92. The second-order valence-corrected chi connectivity index (χ2v) is 9.31. The van der Waals surface area contributed by atoms with Crippen LogP contribution in [0, 0.1) is 0 Å². The first kappa shape index (κ1) is 21.9. The highest BCUT2D eigenvalue weighted by atomic mass is 16.5. The number of likely N-dealkylation sites (tertiary alicyclic amines) is 1. The average molecular weight is 448 g/mol. The number of H-pyrrole nitrogens is 1. The third kappa shape index (κ3) is 4.11. The molecular weight excluding hydrogens is 414 g/mol. The normalized spacial score (nSPS) is 15.8. The van der Waals surface area contributed by atoms with Crippen molar-refractivity contribution < 1.29 is 9.47 Å². The minimum atomic E-state index is 0.373. The van der Waals surface area contributed by atoms with E-state index in [9.17, 15) is 0 Å². The van der Waals surface area contributed by atoms with Gasteiger partial charge < -0.3 is 19.4 Å². The van der Waals surface area contributed by atoms with Crippen molar-refractivity contribution in [1.82, 2.24) is 24.5 Å². The van der Waals surface area contributed by atoms with Gasteiger partial charge in [0.05, 0.1) is 19.4 Å². The van der Waals surface area contributed by atoms with Gasteiger partial charge in [0.15, 0.2) is 11.4 Å². The Bertz CT molecular complexity index is 1250. The van der Waals surface area contributed by atoms with Gasteiger partial charge in [0, 0.05) is 36.3 Å². The summed E-state index contributed by atoms with van der Waals surface area (Å²) in [6.45, 7) is 8.64. The largest absolute Gasteiger partial charge is 0.493 e. The number of pyridine rings is 1. The topological polar surface area (TPSA) is 67.7 Å². The third-order valence-corrected chi connectivity index (χ3v) is 6.96. The van der Waals surface area contributed by atoms with Crippen LogP contribution in [0.25, 0.3) is 27.8 Å². The number of piperidine rings is 1. The molecule has 1 N–H and O–H groups in total. The van der Waals surface area contributed by atoms with Crippen molar-refractivity contribution in [2.24, 2.45) is 0 Å². The SMILES string of the molecule is COCCN1CCC(c2ccc3[nH]c(-c4cc(OC)c5ncnn5c4)c(C(C)C)c3c2)CC1. The molecule has 1 fully saturated rings. The molecule has 4 aromatic rings. The highest BCUT2D eigenvalue weighted by Gasteiger charge is 2.23. The van der Waals surface area contributed by atoms with Crippen LogP contribution in [-0.4, -0.2) is 64.9 Å². The first-order valence-corrected chi connectivity index (χ1v) is 11.8. The number of benzene rings is 1. The Labute approximate surface area is 194 Å². The predicted octanol–water partition coefficient (Wildman–Crippen LogP) is 4.84. The Morgan fingerprint density at radius 1 is 1.15 bits per heavy atom. The summed E-state index contributed by atoms with van der Waals surface area (Å²) < 4.78 is 12.6. The van der Waals surface area contributed by atoms with Crippen molar-refractivity contribution in [3.05, 3.63) is 47.9 Å². The van der Waals surface area contributed by atoms with E-state index in [1.54, 1.807) is 25.1 Å². The molecule has 0 bridgehead atoms. The second-order valence-electron chi connectivity index (χ2n) is 9.31. The molecule has 1 aliphatic rings. The van der Waals surface area contributed by atoms with Crippen LogP contribution in [0.4, 0.5) is 0 Å². The fraction of sp³-hybridized carbons (Fsp3) is 0.462. The van der Waals surface area contributed by atoms with E-state index in [1.807, 2.05) is 6.20 Å². The maximum Gasteiger partial charge on any atom is 0.197 e. The van der Waals surface area contributed by atoms with Gasteiger partial charge in [-0.05, 0) is 67.1 Å². The van der Waals surface area contributed by atoms with Gasteiger partial charge in [0.2, 0.25) is 0 Å². The second kappa shape index (κ2) is 9.15. The van der Waals surface area contributed by atoms with Gasteiger partial charge in [-0.1, -0.05) is 19.9 Å². The fourth-order valence-corrected chi connectivity index (χ4v) is 5.20. The number of nitrogens with one attached hydrogen (secondary N) is 1. The summed E-state index contributed by atoms with van der Waals surface area (Å²) in [5.41, 5.74) is 6.87. The van der Waals surface area contributed by atoms with Crippen molar-refractivity contribution in [3.8, 4) is 17.0 Å². The molecule has 7 nitrogen and oxygen atoms in total. The molecule has 5 rings (SSSR count).